The highest BCUT2D eigenvalue weighted by Gasteiger charge is 2.17. The van der Waals surface area contributed by atoms with Gasteiger partial charge in [-0.2, -0.15) is 5.10 Å². The number of carbonyl (C=O) groups is 1. The number of hydrogen-bond donors (Lipinski definition) is 1. The molecule has 3 aromatic rings. The molecule has 0 aliphatic heterocycles. The number of anilines is 1. The molecule has 8 heteroatoms. The molecule has 0 spiro atoms. The number of amides is 1. The number of benzene rings is 1. The van der Waals surface area contributed by atoms with Gasteiger partial charge in [0.1, 0.15) is 6.04 Å². The van der Waals surface area contributed by atoms with Crippen molar-refractivity contribution in [1.82, 2.24) is 14.8 Å². The van der Waals surface area contributed by atoms with Gasteiger partial charge in [-0.05, 0) is 31.2 Å². The van der Waals surface area contributed by atoms with E-state index in [1.165, 1.54) is 22.1 Å². The van der Waals surface area contributed by atoms with Crippen LogP contribution in [0.3, 0.4) is 0 Å². The van der Waals surface area contributed by atoms with Crippen LogP contribution >= 0.6 is 11.3 Å². The minimum atomic E-state index is -0.937. The van der Waals surface area contributed by atoms with Crippen LogP contribution in [0.15, 0.2) is 42.0 Å². The molecule has 5 nitrogen and oxygen atoms in total. The van der Waals surface area contributed by atoms with E-state index in [0.717, 1.165) is 12.1 Å². The molecule has 3 rings (SSSR count). The van der Waals surface area contributed by atoms with Crippen molar-refractivity contribution in [3.05, 3.63) is 53.7 Å². The number of hydrogen-bond acceptors (Lipinski definition) is 4. The zero-order valence-electron chi connectivity index (χ0n) is 12.0. The van der Waals surface area contributed by atoms with Crippen LogP contribution in [0.4, 0.5) is 13.9 Å². The summed E-state index contributed by atoms with van der Waals surface area (Å²) >= 11 is 1.21. The topological polar surface area (TPSA) is 59.8 Å². The number of halogens is 2. The van der Waals surface area contributed by atoms with Crippen LogP contribution in [-0.4, -0.2) is 20.7 Å². The maximum atomic E-state index is 13.3. The minimum absolute atomic E-state index is 0.264. The molecular weight excluding hydrogens is 322 g/mol. The maximum absolute atomic E-state index is 13.3. The summed E-state index contributed by atoms with van der Waals surface area (Å²) < 4.78 is 27.7. The Morgan fingerprint density at radius 1 is 1.35 bits per heavy atom. The van der Waals surface area contributed by atoms with E-state index in [-0.39, 0.29) is 5.91 Å². The van der Waals surface area contributed by atoms with Crippen LogP contribution in [0.1, 0.15) is 13.0 Å². The van der Waals surface area contributed by atoms with E-state index in [1.54, 1.807) is 30.8 Å². The van der Waals surface area contributed by atoms with E-state index in [2.05, 4.69) is 15.4 Å². The van der Waals surface area contributed by atoms with Crippen LogP contribution in [0, 0.1) is 11.6 Å². The zero-order chi connectivity index (χ0) is 16.4. The summed E-state index contributed by atoms with van der Waals surface area (Å²) in [4.78, 5) is 16.4. The molecule has 2 heterocycles. The van der Waals surface area contributed by atoms with Crippen molar-refractivity contribution in [3.8, 4) is 11.3 Å². The smallest absolute Gasteiger partial charge is 0.250 e. The Balaban J connectivity index is 1.74. The Morgan fingerprint density at radius 2 is 2.17 bits per heavy atom. The molecule has 2 aromatic heterocycles. The number of nitrogens with one attached hydrogen (secondary N) is 1. The normalized spacial score (nSPS) is 12.1. The van der Waals surface area contributed by atoms with Crippen molar-refractivity contribution < 1.29 is 13.6 Å². The van der Waals surface area contributed by atoms with Crippen molar-refractivity contribution >= 4 is 22.4 Å². The van der Waals surface area contributed by atoms with Gasteiger partial charge in [0.2, 0.25) is 0 Å². The lowest BCUT2D eigenvalue weighted by molar-refractivity contribution is -0.119. The van der Waals surface area contributed by atoms with Gasteiger partial charge in [0.25, 0.3) is 5.91 Å². The first-order valence-corrected chi connectivity index (χ1v) is 7.63. The fourth-order valence-corrected chi connectivity index (χ4v) is 2.68. The van der Waals surface area contributed by atoms with E-state index >= 15 is 0 Å². The molecule has 1 atom stereocenters. The Kier molecular flexibility index (Phi) is 4.16. The molecular formula is C15H12F2N4OS. The fraction of sp³-hybridized carbons (Fsp3) is 0.133. The van der Waals surface area contributed by atoms with Gasteiger partial charge in [0, 0.05) is 23.3 Å². The second-order valence-electron chi connectivity index (χ2n) is 4.82. The molecule has 0 aliphatic rings. The summed E-state index contributed by atoms with van der Waals surface area (Å²) in [7, 11) is 0. The first-order valence-electron chi connectivity index (χ1n) is 6.75. The molecule has 1 amide bonds. The average Bonchev–Trinajstić information content (AvgIpc) is 3.20. The third kappa shape index (κ3) is 3.26. The van der Waals surface area contributed by atoms with E-state index in [4.69, 9.17) is 0 Å². The number of aromatic nitrogens is 3. The summed E-state index contributed by atoms with van der Waals surface area (Å²) in [6.45, 7) is 1.71. The Morgan fingerprint density at radius 3 is 2.87 bits per heavy atom. The van der Waals surface area contributed by atoms with E-state index in [0.29, 0.717) is 16.4 Å². The zero-order valence-corrected chi connectivity index (χ0v) is 12.8. The number of thiazole rings is 1. The molecule has 1 aromatic carbocycles. The highest BCUT2D eigenvalue weighted by atomic mass is 32.1. The molecule has 0 radical (unpaired) electrons. The monoisotopic (exact) mass is 334 g/mol. The lowest BCUT2D eigenvalue weighted by Gasteiger charge is -2.10. The van der Waals surface area contributed by atoms with Crippen LogP contribution < -0.4 is 5.32 Å². The van der Waals surface area contributed by atoms with Crippen molar-refractivity contribution in [3.63, 3.8) is 0 Å². The molecule has 0 saturated carbocycles. The van der Waals surface area contributed by atoms with E-state index < -0.39 is 17.7 Å². The highest BCUT2D eigenvalue weighted by molar-refractivity contribution is 7.14. The van der Waals surface area contributed by atoms with Gasteiger partial charge in [-0.25, -0.2) is 13.8 Å². The SMILES string of the molecule is C[C@@H](C(=O)Nc1nc(-c2ccc(F)c(F)c2)cs1)n1cccn1. The molecule has 1 N–H and O–H groups in total. The van der Waals surface area contributed by atoms with Gasteiger partial charge in [0.15, 0.2) is 16.8 Å². The third-order valence-electron chi connectivity index (χ3n) is 3.25. The van der Waals surface area contributed by atoms with E-state index in [9.17, 15) is 13.6 Å². The Bertz CT molecular complexity index is 832. The number of carbonyl (C=O) groups excluding carboxylic acids is 1. The second kappa shape index (κ2) is 6.25. The largest absolute Gasteiger partial charge is 0.300 e. The van der Waals surface area contributed by atoms with Gasteiger partial charge < -0.3 is 5.32 Å². The van der Waals surface area contributed by atoms with Crippen LogP contribution in [-0.2, 0) is 4.79 Å². The van der Waals surface area contributed by atoms with Crippen molar-refractivity contribution in [2.24, 2.45) is 0 Å². The predicted octanol–water partition coefficient (Wildman–Crippen LogP) is 3.48. The third-order valence-corrected chi connectivity index (χ3v) is 4.01. The Labute approximate surface area is 134 Å². The summed E-state index contributed by atoms with van der Waals surface area (Å²) in [6.07, 6.45) is 3.28. The summed E-state index contributed by atoms with van der Waals surface area (Å²) in [5, 5.41) is 8.75. The summed E-state index contributed by atoms with van der Waals surface area (Å²) in [5.41, 5.74) is 0.914. The molecule has 0 unspecified atom stereocenters. The first-order chi connectivity index (χ1) is 11.0. The summed E-state index contributed by atoms with van der Waals surface area (Å²) in [6, 6.07) is 4.80. The predicted molar refractivity (Wildman–Crippen MR) is 83.0 cm³/mol. The molecule has 118 valence electrons. The molecule has 0 bridgehead atoms. The minimum Gasteiger partial charge on any atom is -0.300 e. The molecule has 0 saturated heterocycles. The average molecular weight is 334 g/mol. The van der Waals surface area contributed by atoms with E-state index in [1.807, 2.05) is 0 Å². The highest BCUT2D eigenvalue weighted by Crippen LogP contribution is 2.26. The first kappa shape index (κ1) is 15.3. The molecule has 23 heavy (non-hydrogen) atoms. The lowest BCUT2D eigenvalue weighted by atomic mass is 10.2. The van der Waals surface area contributed by atoms with Gasteiger partial charge in [0.05, 0.1) is 5.69 Å². The van der Waals surface area contributed by atoms with Crippen molar-refractivity contribution in [2.45, 2.75) is 13.0 Å². The fourth-order valence-electron chi connectivity index (χ4n) is 1.96. The lowest BCUT2D eigenvalue weighted by Crippen LogP contribution is -2.23. The number of nitrogens with zero attached hydrogens (tertiary/aromatic N) is 3. The van der Waals surface area contributed by atoms with Crippen LogP contribution in [0.25, 0.3) is 11.3 Å². The molecule has 0 fully saturated rings. The maximum Gasteiger partial charge on any atom is 0.250 e. The van der Waals surface area contributed by atoms with Crippen LogP contribution in [0.2, 0.25) is 0 Å². The van der Waals surface area contributed by atoms with Crippen molar-refractivity contribution in [2.75, 3.05) is 5.32 Å². The number of rotatable bonds is 4. The second-order valence-corrected chi connectivity index (χ2v) is 5.68. The Hall–Kier alpha value is -2.61. The van der Waals surface area contributed by atoms with Gasteiger partial charge in [-0.15, -0.1) is 11.3 Å². The van der Waals surface area contributed by atoms with Gasteiger partial charge in [-0.3, -0.25) is 9.48 Å². The molecule has 0 aliphatic carbocycles. The standard InChI is InChI=1S/C15H12F2N4OS/c1-9(21-6-2-5-18-21)14(22)20-15-19-13(8-23-15)10-3-4-11(16)12(17)7-10/h2-9H,1H3,(H,19,20,22)/t9-/m0/s1. The van der Waals surface area contributed by atoms with Gasteiger partial charge >= 0.3 is 0 Å². The van der Waals surface area contributed by atoms with Gasteiger partial charge in [-0.1, -0.05) is 0 Å². The van der Waals surface area contributed by atoms with Crippen molar-refractivity contribution in [1.29, 1.82) is 0 Å². The summed E-state index contributed by atoms with van der Waals surface area (Å²) in [5.74, 6) is -2.11. The quantitative estimate of drug-likeness (QED) is 0.794. The van der Waals surface area contributed by atoms with Crippen LogP contribution in [0.5, 0.6) is 0 Å².